The molecule has 1 unspecified atom stereocenters. The third kappa shape index (κ3) is 6.73. The lowest BCUT2D eigenvalue weighted by molar-refractivity contribution is -0.136. The maximum Gasteiger partial charge on any atom is 0.349 e. The molecular formula is C33H22ClF5N2O6. The van der Waals surface area contributed by atoms with Crippen molar-refractivity contribution in [3.05, 3.63) is 123 Å². The van der Waals surface area contributed by atoms with Crippen molar-refractivity contribution in [2.45, 2.75) is 19.4 Å². The number of nitrogens with two attached hydrogens (primary N) is 1. The van der Waals surface area contributed by atoms with E-state index >= 15 is 0 Å². The van der Waals surface area contributed by atoms with Gasteiger partial charge in [0.15, 0.2) is 23.9 Å². The number of allylic oxidation sites excluding steroid dienone is 1. The van der Waals surface area contributed by atoms with Gasteiger partial charge in [0.25, 0.3) is 0 Å². The summed E-state index contributed by atoms with van der Waals surface area (Å²) in [5.41, 5.74) is 7.99. The van der Waals surface area contributed by atoms with Crippen molar-refractivity contribution >= 4 is 17.6 Å². The predicted molar refractivity (Wildman–Crippen MR) is 156 cm³/mol. The zero-order valence-electron chi connectivity index (χ0n) is 24.2. The van der Waals surface area contributed by atoms with E-state index in [-0.39, 0.29) is 29.6 Å². The third-order valence-electron chi connectivity index (χ3n) is 6.87. The van der Waals surface area contributed by atoms with Gasteiger partial charge in [0, 0.05) is 22.2 Å². The Kier molecular flexibility index (Phi) is 9.72. The van der Waals surface area contributed by atoms with Gasteiger partial charge in [-0.05, 0) is 36.8 Å². The molecule has 242 valence electrons. The fraction of sp³-hybridized carbons (Fsp3) is 0.152. The molecule has 1 aliphatic rings. The first-order valence-corrected chi connectivity index (χ1v) is 14.1. The van der Waals surface area contributed by atoms with Crippen molar-refractivity contribution < 1.29 is 50.4 Å². The van der Waals surface area contributed by atoms with Gasteiger partial charge in [0.1, 0.15) is 29.7 Å². The Bertz CT molecular complexity index is 1920. The molecule has 47 heavy (non-hydrogen) atoms. The van der Waals surface area contributed by atoms with Gasteiger partial charge in [-0.1, -0.05) is 41.9 Å². The van der Waals surface area contributed by atoms with Gasteiger partial charge in [-0.3, -0.25) is 0 Å². The number of hydrogen-bond donors (Lipinski definition) is 1. The van der Waals surface area contributed by atoms with Crippen LogP contribution in [0.5, 0.6) is 28.7 Å². The lowest BCUT2D eigenvalue weighted by Crippen LogP contribution is -2.22. The second kappa shape index (κ2) is 13.9. The molecule has 4 aromatic rings. The summed E-state index contributed by atoms with van der Waals surface area (Å²) in [5.74, 6) is -14.4. The number of carbonyl (C=O) groups is 1. The Morgan fingerprint density at radius 1 is 0.915 bits per heavy atom. The van der Waals surface area contributed by atoms with E-state index < -0.39 is 53.3 Å². The van der Waals surface area contributed by atoms with E-state index in [0.717, 1.165) is 5.56 Å². The molecule has 14 heteroatoms. The molecule has 8 nitrogen and oxygen atoms in total. The highest BCUT2D eigenvalue weighted by molar-refractivity contribution is 6.31. The zero-order valence-corrected chi connectivity index (χ0v) is 25.0. The highest BCUT2D eigenvalue weighted by Crippen LogP contribution is 2.45. The fourth-order valence-electron chi connectivity index (χ4n) is 4.71. The van der Waals surface area contributed by atoms with Crippen molar-refractivity contribution in [3.63, 3.8) is 0 Å². The average Bonchev–Trinajstić information content (AvgIpc) is 3.06. The van der Waals surface area contributed by atoms with E-state index in [9.17, 15) is 32.0 Å². The van der Waals surface area contributed by atoms with Crippen LogP contribution in [0.1, 0.15) is 29.5 Å². The summed E-state index contributed by atoms with van der Waals surface area (Å²) < 4.78 is 95.0. The monoisotopic (exact) mass is 672 g/mol. The van der Waals surface area contributed by atoms with Crippen molar-refractivity contribution in [1.82, 2.24) is 0 Å². The maximum absolute atomic E-state index is 13.9. The highest BCUT2D eigenvalue weighted by Gasteiger charge is 2.32. The number of rotatable bonds is 10. The molecule has 0 aromatic heterocycles. The summed E-state index contributed by atoms with van der Waals surface area (Å²) in [6.07, 6.45) is 0. The number of carbonyl (C=O) groups excluding carboxylic acids is 1. The molecule has 1 atom stereocenters. The molecule has 2 N–H and O–H groups in total. The molecule has 0 fully saturated rings. The summed E-state index contributed by atoms with van der Waals surface area (Å²) in [7, 11) is 0. The summed E-state index contributed by atoms with van der Waals surface area (Å²) in [6.45, 7) is 1.07. The summed E-state index contributed by atoms with van der Waals surface area (Å²) >= 11 is 6.25. The highest BCUT2D eigenvalue weighted by atomic mass is 35.5. The van der Waals surface area contributed by atoms with Gasteiger partial charge in [0.05, 0.1) is 12.5 Å². The average molecular weight is 673 g/mol. The number of fused-ring (bicyclic) bond motifs is 1. The van der Waals surface area contributed by atoms with E-state index in [2.05, 4.69) is 10.8 Å². The van der Waals surface area contributed by atoms with Crippen molar-refractivity contribution in [2.75, 3.05) is 13.2 Å². The number of halogens is 6. The number of esters is 1. The first kappa shape index (κ1) is 32.9. The van der Waals surface area contributed by atoms with Crippen LogP contribution in [-0.4, -0.2) is 19.2 Å². The molecule has 5 rings (SSSR count). The van der Waals surface area contributed by atoms with Crippen LogP contribution in [0.2, 0.25) is 5.02 Å². The molecule has 0 saturated carbocycles. The molecule has 0 bridgehead atoms. The molecule has 0 spiro atoms. The van der Waals surface area contributed by atoms with Crippen molar-refractivity contribution in [1.29, 1.82) is 5.26 Å². The van der Waals surface area contributed by atoms with Crippen LogP contribution in [0.15, 0.2) is 72.1 Å². The van der Waals surface area contributed by atoms with E-state index in [1.54, 1.807) is 37.3 Å². The molecule has 1 aliphatic heterocycles. The second-order valence-corrected chi connectivity index (χ2v) is 10.2. The summed E-state index contributed by atoms with van der Waals surface area (Å²) in [5, 5.41) is 10.5. The van der Waals surface area contributed by atoms with E-state index in [1.165, 1.54) is 18.2 Å². The zero-order chi connectivity index (χ0) is 33.8. The second-order valence-electron chi connectivity index (χ2n) is 9.81. The minimum Gasteiger partial charge on any atom is -0.490 e. The molecule has 0 amide bonds. The molecule has 0 aliphatic carbocycles. The smallest absolute Gasteiger partial charge is 0.349 e. The van der Waals surface area contributed by atoms with Crippen LogP contribution in [-0.2, 0) is 11.4 Å². The SMILES string of the molecule is CCOc1cc(C2C(C#N)=C(N)Oc3cc(OC(=O)COc4c(F)c(F)c(F)c(F)c4F)ccc32)ccc1OCc1ccccc1Cl. The lowest BCUT2D eigenvalue weighted by atomic mass is 9.83. The van der Waals surface area contributed by atoms with E-state index in [1.807, 2.05) is 12.1 Å². The fourth-order valence-corrected chi connectivity index (χ4v) is 4.90. The number of benzene rings is 4. The predicted octanol–water partition coefficient (Wildman–Crippen LogP) is 7.22. The normalized spacial score (nSPS) is 13.7. The Labute approximate surface area is 269 Å². The minimum absolute atomic E-state index is 0.0886. The van der Waals surface area contributed by atoms with E-state index in [0.29, 0.717) is 34.3 Å². The first-order valence-electron chi connectivity index (χ1n) is 13.7. The van der Waals surface area contributed by atoms with Gasteiger partial charge in [-0.2, -0.15) is 14.0 Å². The molecule has 1 heterocycles. The summed E-state index contributed by atoms with van der Waals surface area (Å²) in [6, 6.07) is 18.5. The van der Waals surface area contributed by atoms with Gasteiger partial charge >= 0.3 is 5.97 Å². The Morgan fingerprint density at radius 2 is 1.62 bits per heavy atom. The van der Waals surface area contributed by atoms with Gasteiger partial charge in [-0.25, -0.2) is 18.0 Å². The van der Waals surface area contributed by atoms with E-state index in [4.69, 9.17) is 36.3 Å². The quantitative estimate of drug-likeness (QED) is 0.0618. The first-order chi connectivity index (χ1) is 22.5. The Hall–Kier alpha value is -5.48. The van der Waals surface area contributed by atoms with Crippen LogP contribution in [0.4, 0.5) is 22.0 Å². The Balaban J connectivity index is 1.38. The minimum atomic E-state index is -2.37. The number of hydrogen-bond acceptors (Lipinski definition) is 8. The van der Waals surface area contributed by atoms with Crippen molar-refractivity contribution in [3.8, 4) is 34.8 Å². The number of nitriles is 1. The van der Waals surface area contributed by atoms with Crippen LogP contribution in [0.3, 0.4) is 0 Å². The van der Waals surface area contributed by atoms with Gasteiger partial charge in [0.2, 0.25) is 35.0 Å². The number of nitrogens with zero attached hydrogens (tertiary/aromatic N) is 1. The molecule has 0 saturated heterocycles. The topological polar surface area (TPSA) is 113 Å². The van der Waals surface area contributed by atoms with Crippen LogP contribution in [0.25, 0.3) is 0 Å². The van der Waals surface area contributed by atoms with Crippen LogP contribution in [0, 0.1) is 40.4 Å². The van der Waals surface area contributed by atoms with Gasteiger partial charge in [-0.15, -0.1) is 0 Å². The van der Waals surface area contributed by atoms with Crippen LogP contribution < -0.4 is 29.4 Å². The standard InChI is InChI=1S/C33H22ClF5N2O6/c1-2-43-24-11-16(7-10-22(24)44-14-17-5-3-4-6-21(17)34)26-19-9-8-18(12-23(19)47-33(41)20(26)13-40)46-25(42)15-45-32-30(38)28(36)27(35)29(37)31(32)39/h3-12,26H,2,14-15,41H2,1H3. The lowest BCUT2D eigenvalue weighted by Gasteiger charge is -2.27. The molecule has 4 aromatic carbocycles. The van der Waals surface area contributed by atoms with Gasteiger partial charge < -0.3 is 29.4 Å². The van der Waals surface area contributed by atoms with Crippen molar-refractivity contribution in [2.24, 2.45) is 5.73 Å². The third-order valence-corrected chi connectivity index (χ3v) is 7.24. The maximum atomic E-state index is 13.9. The van der Waals surface area contributed by atoms with Crippen LogP contribution >= 0.6 is 11.6 Å². The Morgan fingerprint density at radius 3 is 2.30 bits per heavy atom. The molecular weight excluding hydrogens is 651 g/mol. The largest absolute Gasteiger partial charge is 0.490 e. The molecule has 0 radical (unpaired) electrons. The number of ether oxygens (including phenoxy) is 5. The summed E-state index contributed by atoms with van der Waals surface area (Å²) in [4.78, 5) is 12.4.